The van der Waals surface area contributed by atoms with Gasteiger partial charge in [0.1, 0.15) is 5.76 Å². The van der Waals surface area contributed by atoms with Crippen molar-refractivity contribution < 1.29 is 4.42 Å². The molecule has 0 bridgehead atoms. The van der Waals surface area contributed by atoms with E-state index in [9.17, 15) is 0 Å². The van der Waals surface area contributed by atoms with Crippen molar-refractivity contribution in [3.8, 4) is 11.6 Å². The Morgan fingerprint density at radius 2 is 2.07 bits per heavy atom. The molecule has 0 fully saturated rings. The first-order valence-corrected chi connectivity index (χ1v) is 12.8. The average molecular weight is 299 g/mol. The summed E-state index contributed by atoms with van der Waals surface area (Å²) in [7, 11) is 0. The molecule has 0 saturated carbocycles. The van der Waals surface area contributed by atoms with Gasteiger partial charge in [0, 0.05) is 0 Å². The standard InChI is InChI=1S/C5H3N4O.3CH3.Sn/c1-2-4(10-3-1)5-6-8-9-7-5;;;;/h1-3H;3*1H3;/q-1;;;;+1. The van der Waals surface area contributed by atoms with Gasteiger partial charge in [-0.3, -0.25) is 10.3 Å². The van der Waals surface area contributed by atoms with Crippen LogP contribution in [0.15, 0.2) is 22.8 Å². The summed E-state index contributed by atoms with van der Waals surface area (Å²) in [6.07, 6.45) is 1.55. The second-order valence-corrected chi connectivity index (χ2v) is 11.7. The zero-order valence-electron chi connectivity index (χ0n) is 8.43. The molecular weight excluding hydrogens is 287 g/mol. The van der Waals surface area contributed by atoms with Crippen LogP contribution in [0.5, 0.6) is 0 Å². The maximum absolute atomic E-state index is 4.97. The maximum Gasteiger partial charge on any atom is 0.140 e. The zero-order valence-corrected chi connectivity index (χ0v) is 11.3. The van der Waals surface area contributed by atoms with E-state index >= 15 is 0 Å². The molecule has 0 unspecified atom stereocenters. The fourth-order valence-electron chi connectivity index (χ4n) is 0.649. The summed E-state index contributed by atoms with van der Waals surface area (Å²) in [6, 6.07) is 3.50. The number of tetrazole rings is 1. The minimum atomic E-state index is -0.543. The Hall–Kier alpha value is -0.851. The molecule has 14 heavy (non-hydrogen) atoms. The van der Waals surface area contributed by atoms with E-state index in [4.69, 9.17) is 4.42 Å². The largest absolute Gasteiger partial charge is 0.464 e. The summed E-state index contributed by atoms with van der Waals surface area (Å²) in [6.45, 7) is 0. The van der Waals surface area contributed by atoms with E-state index in [0.717, 1.165) is 0 Å². The van der Waals surface area contributed by atoms with Gasteiger partial charge in [0.15, 0.2) is 0 Å². The smallest absolute Gasteiger partial charge is 0.140 e. The quantitative estimate of drug-likeness (QED) is 0.746. The average Bonchev–Trinajstić information content (AvgIpc) is 2.76. The van der Waals surface area contributed by atoms with Crippen molar-refractivity contribution in [2.24, 2.45) is 0 Å². The third-order valence-corrected chi connectivity index (χ3v) is 1.06. The molecule has 0 radical (unpaired) electrons. The minimum absolute atomic E-state index is 0.421. The van der Waals surface area contributed by atoms with E-state index in [1.807, 2.05) is 0 Å². The molecule has 0 aromatic carbocycles. The predicted molar refractivity (Wildman–Crippen MR) is 54.2 cm³/mol. The molecule has 5 nitrogen and oxygen atoms in total. The minimum Gasteiger partial charge on any atom is -0.464 e. The fourth-order valence-corrected chi connectivity index (χ4v) is 0.649. The molecule has 0 amide bonds. The molecule has 0 atom stereocenters. The van der Waals surface area contributed by atoms with E-state index in [1.165, 1.54) is 0 Å². The molecule has 6 heteroatoms. The maximum atomic E-state index is 4.97. The first-order valence-electron chi connectivity index (χ1n) is 4.19. The van der Waals surface area contributed by atoms with Crippen LogP contribution in [0.4, 0.5) is 0 Å². The Bertz CT molecular complexity index is 295. The summed E-state index contributed by atoms with van der Waals surface area (Å²) in [5.74, 6) is 1.01. The third kappa shape index (κ3) is 3.90. The van der Waals surface area contributed by atoms with Gasteiger partial charge in [-0.25, -0.2) is 0 Å². The summed E-state index contributed by atoms with van der Waals surface area (Å²) < 4.78 is 4.97. The Morgan fingerprint density at radius 3 is 2.50 bits per heavy atom. The summed E-state index contributed by atoms with van der Waals surface area (Å²) >= 11 is -0.543. The molecule has 0 spiro atoms. The van der Waals surface area contributed by atoms with E-state index in [2.05, 4.69) is 35.4 Å². The van der Waals surface area contributed by atoms with E-state index in [1.54, 1.807) is 18.4 Å². The molecular formula is C8H12N4OSn. The van der Waals surface area contributed by atoms with Crippen LogP contribution in [0.1, 0.15) is 0 Å². The topological polar surface area (TPSA) is 65.9 Å². The van der Waals surface area contributed by atoms with Gasteiger partial charge >= 0.3 is 34.6 Å². The van der Waals surface area contributed by atoms with Crippen molar-refractivity contribution in [3.05, 3.63) is 18.4 Å². The first kappa shape index (κ1) is 11.2. The summed E-state index contributed by atoms with van der Waals surface area (Å²) in [4.78, 5) is 7.09. The van der Waals surface area contributed by atoms with Crippen LogP contribution in [0.25, 0.3) is 11.6 Å². The SMILES string of the molecule is [CH3][Sn+]([CH3])[CH3].c1coc(-c2nnn[n-]2)c1. The first-order chi connectivity index (χ1) is 6.70. The fraction of sp³-hybridized carbons (Fsp3) is 0.375. The van der Waals surface area contributed by atoms with Gasteiger partial charge < -0.3 is 9.52 Å². The second-order valence-electron chi connectivity index (χ2n) is 3.18. The number of rotatable bonds is 1. The number of furan rings is 1. The Labute approximate surface area is 89.6 Å². The Balaban J connectivity index is 0.000000213. The Kier molecular flexibility index (Phi) is 4.64. The van der Waals surface area contributed by atoms with Crippen LogP contribution in [-0.4, -0.2) is 35.3 Å². The van der Waals surface area contributed by atoms with Crippen molar-refractivity contribution >= 4 is 19.8 Å². The molecule has 2 heterocycles. The normalized spacial score (nSPS) is 9.07. The monoisotopic (exact) mass is 300 g/mol. The molecule has 2 rings (SSSR count). The van der Waals surface area contributed by atoms with Crippen molar-refractivity contribution in [1.29, 1.82) is 0 Å². The molecule has 0 aliphatic rings. The summed E-state index contributed by atoms with van der Waals surface area (Å²) in [5, 5.41) is 13.8. The van der Waals surface area contributed by atoms with Crippen LogP contribution in [-0.2, 0) is 0 Å². The van der Waals surface area contributed by atoms with E-state index in [-0.39, 0.29) is 0 Å². The van der Waals surface area contributed by atoms with Crippen LogP contribution in [0, 0.1) is 0 Å². The van der Waals surface area contributed by atoms with Gasteiger partial charge in [-0.2, -0.15) is 5.21 Å². The van der Waals surface area contributed by atoms with E-state index in [0.29, 0.717) is 11.6 Å². The van der Waals surface area contributed by atoms with Gasteiger partial charge in [0.25, 0.3) is 0 Å². The number of aromatic nitrogens is 4. The molecule has 0 aliphatic heterocycles. The number of hydrogen-bond acceptors (Lipinski definition) is 4. The van der Waals surface area contributed by atoms with Gasteiger partial charge in [0.05, 0.1) is 12.1 Å². The predicted octanol–water partition coefficient (Wildman–Crippen LogP) is 1.46. The molecule has 74 valence electrons. The second kappa shape index (κ2) is 5.79. The molecule has 0 N–H and O–H groups in total. The number of hydrogen-bond donors (Lipinski definition) is 0. The molecule has 0 saturated heterocycles. The summed E-state index contributed by atoms with van der Waals surface area (Å²) in [5.41, 5.74) is 0. The van der Waals surface area contributed by atoms with Crippen molar-refractivity contribution in [2.45, 2.75) is 14.8 Å². The van der Waals surface area contributed by atoms with Gasteiger partial charge in [-0.15, -0.1) is 0 Å². The van der Waals surface area contributed by atoms with Crippen LogP contribution in [0.2, 0.25) is 14.8 Å². The van der Waals surface area contributed by atoms with Gasteiger partial charge in [-0.1, -0.05) is 0 Å². The van der Waals surface area contributed by atoms with Crippen molar-refractivity contribution in [1.82, 2.24) is 20.6 Å². The van der Waals surface area contributed by atoms with Crippen LogP contribution >= 0.6 is 0 Å². The zero-order chi connectivity index (χ0) is 10.4. The molecule has 0 aliphatic carbocycles. The van der Waals surface area contributed by atoms with Gasteiger partial charge in [0.2, 0.25) is 0 Å². The van der Waals surface area contributed by atoms with Crippen molar-refractivity contribution in [3.63, 3.8) is 0 Å². The number of nitrogens with zero attached hydrogens (tertiary/aromatic N) is 4. The molecule has 2 aromatic heterocycles. The van der Waals surface area contributed by atoms with E-state index < -0.39 is 19.8 Å². The third-order valence-electron chi connectivity index (χ3n) is 1.06. The van der Waals surface area contributed by atoms with Crippen molar-refractivity contribution in [2.75, 3.05) is 0 Å². The van der Waals surface area contributed by atoms with Crippen LogP contribution in [0.3, 0.4) is 0 Å². The Morgan fingerprint density at radius 1 is 1.36 bits per heavy atom. The molecule has 2 aromatic rings. The van der Waals surface area contributed by atoms with Gasteiger partial charge in [-0.05, 0) is 12.1 Å². The van der Waals surface area contributed by atoms with Crippen LogP contribution < -0.4 is 5.10 Å².